The summed E-state index contributed by atoms with van der Waals surface area (Å²) >= 11 is 16.7. The van der Waals surface area contributed by atoms with Crippen LogP contribution in [0.5, 0.6) is 0 Å². The van der Waals surface area contributed by atoms with E-state index in [0.29, 0.717) is 24.4 Å². The number of hydrogen-bond acceptors (Lipinski definition) is 12. The van der Waals surface area contributed by atoms with Crippen molar-refractivity contribution in [2.24, 2.45) is 0 Å². The van der Waals surface area contributed by atoms with E-state index in [0.717, 1.165) is 53.8 Å². The first-order valence-corrected chi connectivity index (χ1v) is 21.6. The van der Waals surface area contributed by atoms with Crippen LogP contribution >= 0.6 is 70.6 Å². The van der Waals surface area contributed by atoms with E-state index in [4.69, 9.17) is 33.9 Å². The maximum absolute atomic E-state index is 11.2. The maximum Gasteiger partial charge on any atom is 0.333 e. The molecule has 0 amide bonds. The Bertz CT molecular complexity index is 1180. The number of unbranched alkanes of at least 4 members (excludes halogenated alkanes) is 16. The molecule has 14 heteroatoms. The molecule has 2 aromatic heterocycles. The van der Waals surface area contributed by atoms with Crippen molar-refractivity contribution in [3.8, 4) is 0 Å². The molecule has 272 valence electrons. The maximum atomic E-state index is 11.2. The highest BCUT2D eigenvalue weighted by Crippen LogP contribution is 2.23. The van der Waals surface area contributed by atoms with Gasteiger partial charge in [0, 0.05) is 22.7 Å². The summed E-state index contributed by atoms with van der Waals surface area (Å²) in [5, 5.41) is 13.9. The van der Waals surface area contributed by atoms with Crippen LogP contribution in [0.1, 0.15) is 129 Å². The highest BCUT2D eigenvalue weighted by atomic mass is 32.2. The Balaban J connectivity index is 0.000000480. The molecule has 0 unspecified atom stereocenters. The standard InChI is InChI=1S/2C17H28N2O2S3/c2*1-14(2)15(20)21-12-10-8-6-4-3-5-7-9-11-13-23-17-19-18-16(22)24-17/h2*1,3-13H2,2H3,(H,18,22). The Morgan fingerprint density at radius 3 is 1.15 bits per heavy atom. The van der Waals surface area contributed by atoms with Crippen molar-refractivity contribution >= 4 is 82.6 Å². The van der Waals surface area contributed by atoms with Crippen LogP contribution in [0.2, 0.25) is 0 Å². The molecule has 0 atom stereocenters. The summed E-state index contributed by atoms with van der Waals surface area (Å²) in [6, 6.07) is 0. The van der Waals surface area contributed by atoms with Gasteiger partial charge in [0.25, 0.3) is 0 Å². The summed E-state index contributed by atoms with van der Waals surface area (Å²) in [5.41, 5.74) is 0.951. The van der Waals surface area contributed by atoms with Crippen molar-refractivity contribution < 1.29 is 19.1 Å². The lowest BCUT2D eigenvalue weighted by Gasteiger charge is -2.04. The topological polar surface area (TPSA) is 110 Å². The third-order valence-electron chi connectivity index (χ3n) is 7.03. The van der Waals surface area contributed by atoms with Crippen molar-refractivity contribution in [3.05, 3.63) is 32.2 Å². The third kappa shape index (κ3) is 26.5. The molecule has 0 saturated carbocycles. The van der Waals surface area contributed by atoms with Crippen molar-refractivity contribution in [2.45, 2.75) is 138 Å². The number of carbonyl (C=O) groups is 2. The summed E-state index contributed by atoms with van der Waals surface area (Å²) in [6.45, 7) is 11.5. The zero-order chi connectivity index (χ0) is 35.2. The van der Waals surface area contributed by atoms with Gasteiger partial charge in [-0.1, -0.05) is 149 Å². The first-order chi connectivity index (χ1) is 23.2. The van der Waals surface area contributed by atoms with Crippen LogP contribution < -0.4 is 0 Å². The monoisotopic (exact) mass is 776 g/mol. The Hall–Kier alpha value is -1.32. The molecule has 0 saturated heterocycles. The number of ether oxygens (including phenoxy) is 2. The van der Waals surface area contributed by atoms with Gasteiger partial charge in [0.2, 0.25) is 0 Å². The zero-order valence-electron chi connectivity index (χ0n) is 28.9. The average molecular weight is 777 g/mol. The quantitative estimate of drug-likeness (QED) is 0.0285. The second-order valence-electron chi connectivity index (χ2n) is 11.7. The molecular formula is C34H56N4O4S6. The van der Waals surface area contributed by atoms with Crippen molar-refractivity contribution in [3.63, 3.8) is 0 Å². The SMILES string of the molecule is C=C(C)C(=O)OCCCCCCCCCCCSc1n[nH]c(=S)s1.C=C(C)C(=O)OCCCCCCCCCCCSc1n[nH]c(=S)s1. The van der Waals surface area contributed by atoms with Gasteiger partial charge in [0.1, 0.15) is 0 Å². The zero-order valence-corrected chi connectivity index (χ0v) is 33.8. The normalized spacial score (nSPS) is 10.7. The molecule has 0 fully saturated rings. The van der Waals surface area contributed by atoms with Crippen LogP contribution in [0.4, 0.5) is 0 Å². The van der Waals surface area contributed by atoms with Gasteiger partial charge in [0.05, 0.1) is 13.2 Å². The number of rotatable bonds is 28. The fraction of sp³-hybridized carbons (Fsp3) is 0.706. The minimum absolute atomic E-state index is 0.272. The van der Waals surface area contributed by atoms with E-state index in [9.17, 15) is 9.59 Å². The summed E-state index contributed by atoms with van der Waals surface area (Å²) in [5.74, 6) is 1.70. The van der Waals surface area contributed by atoms with Crippen molar-refractivity contribution in [1.82, 2.24) is 20.4 Å². The van der Waals surface area contributed by atoms with E-state index in [1.54, 1.807) is 60.0 Å². The first-order valence-electron chi connectivity index (χ1n) is 17.2. The van der Waals surface area contributed by atoms with E-state index in [2.05, 4.69) is 33.6 Å². The second-order valence-corrected chi connectivity index (χ2v) is 17.7. The Morgan fingerprint density at radius 1 is 0.583 bits per heavy atom. The lowest BCUT2D eigenvalue weighted by molar-refractivity contribution is -0.139. The smallest absolute Gasteiger partial charge is 0.333 e. The van der Waals surface area contributed by atoms with Gasteiger partial charge >= 0.3 is 11.9 Å². The highest BCUT2D eigenvalue weighted by Gasteiger charge is 2.03. The minimum Gasteiger partial charge on any atom is -0.462 e. The molecule has 0 aromatic carbocycles. The number of aromatic amines is 2. The number of H-pyrrole nitrogens is 2. The predicted molar refractivity (Wildman–Crippen MR) is 211 cm³/mol. The first kappa shape index (κ1) is 44.7. The van der Waals surface area contributed by atoms with E-state index >= 15 is 0 Å². The fourth-order valence-electron chi connectivity index (χ4n) is 4.33. The van der Waals surface area contributed by atoms with Crippen molar-refractivity contribution in [1.29, 1.82) is 0 Å². The van der Waals surface area contributed by atoms with E-state index < -0.39 is 0 Å². The van der Waals surface area contributed by atoms with Gasteiger partial charge in [0.15, 0.2) is 16.6 Å². The number of hydrogen-bond donors (Lipinski definition) is 2. The number of carbonyl (C=O) groups excluding carboxylic acids is 2. The van der Waals surface area contributed by atoms with Crippen LogP contribution in [-0.2, 0) is 19.1 Å². The number of nitrogens with one attached hydrogen (secondary N) is 2. The molecule has 2 rings (SSSR count). The lowest BCUT2D eigenvalue weighted by atomic mass is 10.1. The van der Waals surface area contributed by atoms with Gasteiger partial charge in [-0.3, -0.25) is 10.2 Å². The molecule has 48 heavy (non-hydrogen) atoms. The summed E-state index contributed by atoms with van der Waals surface area (Å²) in [6.07, 6.45) is 22.1. The highest BCUT2D eigenvalue weighted by molar-refractivity contribution is 8.01. The molecule has 2 N–H and O–H groups in total. The van der Waals surface area contributed by atoms with Gasteiger partial charge < -0.3 is 9.47 Å². The Labute approximate surface area is 315 Å². The molecule has 0 aliphatic rings. The van der Waals surface area contributed by atoms with Crippen LogP contribution in [-0.4, -0.2) is 57.1 Å². The summed E-state index contributed by atoms with van der Waals surface area (Å²) < 4.78 is 13.7. The molecule has 8 nitrogen and oxygen atoms in total. The lowest BCUT2D eigenvalue weighted by Crippen LogP contribution is -2.05. The number of nitrogens with zero attached hydrogens (tertiary/aromatic N) is 2. The fourth-order valence-corrected chi connectivity index (χ4v) is 8.64. The molecule has 2 aromatic rings. The Kier molecular flexibility index (Phi) is 28.4. The number of esters is 2. The molecule has 0 bridgehead atoms. The van der Waals surface area contributed by atoms with Crippen LogP contribution in [0.15, 0.2) is 33.0 Å². The van der Waals surface area contributed by atoms with Crippen LogP contribution in [0.3, 0.4) is 0 Å². The second kappa shape index (κ2) is 30.5. The van der Waals surface area contributed by atoms with Crippen LogP contribution in [0.25, 0.3) is 0 Å². The average Bonchev–Trinajstić information content (AvgIpc) is 3.68. The van der Waals surface area contributed by atoms with E-state index in [1.807, 2.05) is 0 Å². The van der Waals surface area contributed by atoms with Crippen molar-refractivity contribution in [2.75, 3.05) is 24.7 Å². The Morgan fingerprint density at radius 2 is 0.875 bits per heavy atom. The van der Waals surface area contributed by atoms with E-state index in [1.165, 1.54) is 89.9 Å². The predicted octanol–water partition coefficient (Wildman–Crippen LogP) is 11.8. The molecule has 2 heterocycles. The third-order valence-corrected chi connectivity index (χ3v) is 11.7. The van der Waals surface area contributed by atoms with E-state index in [-0.39, 0.29) is 11.9 Å². The summed E-state index contributed by atoms with van der Waals surface area (Å²) in [7, 11) is 0. The largest absolute Gasteiger partial charge is 0.462 e. The molecule has 0 aliphatic carbocycles. The summed E-state index contributed by atoms with van der Waals surface area (Å²) in [4.78, 5) is 22.3. The molecular weight excluding hydrogens is 721 g/mol. The minimum atomic E-state index is -0.272. The number of thioether (sulfide) groups is 2. The number of aromatic nitrogens is 4. The van der Waals surface area contributed by atoms with Gasteiger partial charge in [-0.15, -0.1) is 0 Å². The molecule has 0 spiro atoms. The van der Waals surface area contributed by atoms with Gasteiger partial charge in [-0.2, -0.15) is 10.2 Å². The van der Waals surface area contributed by atoms with Crippen LogP contribution in [0, 0.1) is 7.91 Å². The van der Waals surface area contributed by atoms with Gasteiger partial charge in [-0.05, 0) is 64.0 Å². The molecule has 0 aliphatic heterocycles. The van der Waals surface area contributed by atoms with Gasteiger partial charge in [-0.25, -0.2) is 9.59 Å². The molecule has 0 radical (unpaired) electrons.